The van der Waals surface area contributed by atoms with Crippen LogP contribution in [0.2, 0.25) is 0 Å². The predicted molar refractivity (Wildman–Crippen MR) is 78.6 cm³/mol. The molecule has 0 heterocycles. The van der Waals surface area contributed by atoms with E-state index in [-0.39, 0.29) is 0 Å². The van der Waals surface area contributed by atoms with E-state index in [4.69, 9.17) is 4.74 Å². The normalized spacial score (nSPS) is 12.7. The van der Waals surface area contributed by atoms with Gasteiger partial charge in [-0.3, -0.25) is 0 Å². The van der Waals surface area contributed by atoms with Crippen LogP contribution in [0.3, 0.4) is 0 Å². The second-order valence-electron chi connectivity index (χ2n) is 5.37. The molecule has 110 valence electrons. The minimum atomic E-state index is -1.15. The van der Waals surface area contributed by atoms with Gasteiger partial charge in [0.1, 0.15) is 5.60 Å². The fourth-order valence-electron chi connectivity index (χ4n) is 1.63. The molecule has 1 aromatic carbocycles. The SMILES string of the molecule is Cc1c(Br)cccc1C(NC(=O)OC(C)(C)C)C(=O)O. The Morgan fingerprint density at radius 1 is 1.35 bits per heavy atom. The maximum atomic E-state index is 11.7. The second kappa shape index (κ2) is 6.26. The summed E-state index contributed by atoms with van der Waals surface area (Å²) in [5.74, 6) is -1.14. The first-order valence-corrected chi connectivity index (χ1v) is 6.88. The molecule has 1 amide bonds. The Labute approximate surface area is 126 Å². The van der Waals surface area contributed by atoms with Gasteiger partial charge in [0.05, 0.1) is 0 Å². The van der Waals surface area contributed by atoms with Gasteiger partial charge in [0.2, 0.25) is 0 Å². The number of carboxylic acids is 1. The smallest absolute Gasteiger partial charge is 0.408 e. The summed E-state index contributed by atoms with van der Waals surface area (Å²) < 4.78 is 5.87. The Kier molecular flexibility index (Phi) is 5.16. The topological polar surface area (TPSA) is 75.6 Å². The Morgan fingerprint density at radius 2 is 1.95 bits per heavy atom. The van der Waals surface area contributed by atoms with E-state index in [1.807, 2.05) is 6.07 Å². The highest BCUT2D eigenvalue weighted by atomic mass is 79.9. The number of aliphatic carboxylic acids is 1. The summed E-state index contributed by atoms with van der Waals surface area (Å²) in [6, 6.07) is 4.04. The van der Waals surface area contributed by atoms with Crippen molar-refractivity contribution in [1.82, 2.24) is 5.32 Å². The van der Waals surface area contributed by atoms with Crippen LogP contribution in [0.25, 0.3) is 0 Å². The zero-order valence-electron chi connectivity index (χ0n) is 11.9. The largest absolute Gasteiger partial charge is 0.479 e. The van der Waals surface area contributed by atoms with Crippen LogP contribution in [0.15, 0.2) is 22.7 Å². The third kappa shape index (κ3) is 4.52. The zero-order valence-corrected chi connectivity index (χ0v) is 13.4. The van der Waals surface area contributed by atoms with E-state index in [1.54, 1.807) is 39.8 Å². The molecule has 0 aliphatic rings. The lowest BCUT2D eigenvalue weighted by atomic mass is 10.0. The number of alkyl carbamates (subject to hydrolysis) is 1. The van der Waals surface area contributed by atoms with E-state index >= 15 is 0 Å². The molecule has 2 N–H and O–H groups in total. The summed E-state index contributed by atoms with van der Waals surface area (Å²) in [7, 11) is 0. The molecule has 1 unspecified atom stereocenters. The van der Waals surface area contributed by atoms with Crippen LogP contribution in [0.5, 0.6) is 0 Å². The molecule has 0 spiro atoms. The van der Waals surface area contributed by atoms with Gasteiger partial charge >= 0.3 is 12.1 Å². The van der Waals surface area contributed by atoms with E-state index in [2.05, 4.69) is 21.2 Å². The Bertz CT molecular complexity index is 522. The minimum absolute atomic E-state index is 0.512. The van der Waals surface area contributed by atoms with Gasteiger partial charge < -0.3 is 15.2 Å². The molecule has 0 aromatic heterocycles. The molecule has 0 fully saturated rings. The fraction of sp³-hybridized carbons (Fsp3) is 0.429. The number of rotatable bonds is 3. The first kappa shape index (κ1) is 16.5. The maximum Gasteiger partial charge on any atom is 0.408 e. The van der Waals surface area contributed by atoms with Crippen molar-refractivity contribution in [2.24, 2.45) is 0 Å². The molecule has 1 rings (SSSR count). The summed E-state index contributed by atoms with van der Waals surface area (Å²) in [5, 5.41) is 11.7. The fourth-order valence-corrected chi connectivity index (χ4v) is 2.02. The summed E-state index contributed by atoms with van der Waals surface area (Å²) in [6.45, 7) is 6.93. The number of carboxylic acid groups (broad SMARTS) is 1. The van der Waals surface area contributed by atoms with Gasteiger partial charge in [-0.15, -0.1) is 0 Å². The lowest BCUT2D eigenvalue weighted by Crippen LogP contribution is -2.38. The van der Waals surface area contributed by atoms with Crippen molar-refractivity contribution in [1.29, 1.82) is 0 Å². The monoisotopic (exact) mass is 343 g/mol. The number of carbonyl (C=O) groups is 2. The van der Waals surface area contributed by atoms with Crippen molar-refractivity contribution in [2.45, 2.75) is 39.3 Å². The number of nitrogens with one attached hydrogen (secondary N) is 1. The number of hydrogen-bond acceptors (Lipinski definition) is 3. The van der Waals surface area contributed by atoms with Crippen LogP contribution >= 0.6 is 15.9 Å². The Balaban J connectivity index is 2.99. The molecule has 0 radical (unpaired) electrons. The molecule has 20 heavy (non-hydrogen) atoms. The first-order valence-electron chi connectivity index (χ1n) is 6.09. The van der Waals surface area contributed by atoms with Crippen LogP contribution in [0.4, 0.5) is 4.79 Å². The Hall–Kier alpha value is -1.56. The van der Waals surface area contributed by atoms with Gasteiger partial charge in [0.25, 0.3) is 0 Å². The number of ether oxygens (including phenoxy) is 1. The minimum Gasteiger partial charge on any atom is -0.479 e. The van der Waals surface area contributed by atoms with Crippen molar-refractivity contribution < 1.29 is 19.4 Å². The molecular formula is C14H18BrNO4. The highest BCUT2D eigenvalue weighted by molar-refractivity contribution is 9.10. The van der Waals surface area contributed by atoms with Crippen molar-refractivity contribution >= 4 is 28.0 Å². The highest BCUT2D eigenvalue weighted by Crippen LogP contribution is 2.25. The second-order valence-corrected chi connectivity index (χ2v) is 6.23. The molecule has 5 nitrogen and oxygen atoms in total. The molecule has 0 saturated carbocycles. The number of amides is 1. The molecule has 0 aliphatic heterocycles. The zero-order chi connectivity index (χ0) is 15.5. The predicted octanol–water partition coefficient (Wildman–Crippen LogP) is 3.41. The average Bonchev–Trinajstić information content (AvgIpc) is 2.27. The molecular weight excluding hydrogens is 326 g/mol. The van der Waals surface area contributed by atoms with E-state index in [1.165, 1.54) is 0 Å². The van der Waals surface area contributed by atoms with Gasteiger partial charge in [-0.1, -0.05) is 28.1 Å². The van der Waals surface area contributed by atoms with Crippen molar-refractivity contribution in [3.8, 4) is 0 Å². The summed E-state index contributed by atoms with van der Waals surface area (Å²) in [5.41, 5.74) is 0.591. The van der Waals surface area contributed by atoms with Gasteiger partial charge in [-0.2, -0.15) is 0 Å². The van der Waals surface area contributed by atoms with Crippen LogP contribution in [0, 0.1) is 6.92 Å². The summed E-state index contributed by atoms with van der Waals surface area (Å²) >= 11 is 3.34. The molecule has 0 aliphatic carbocycles. The lowest BCUT2D eigenvalue weighted by molar-refractivity contribution is -0.139. The van der Waals surface area contributed by atoms with Gasteiger partial charge in [0.15, 0.2) is 6.04 Å². The number of halogens is 1. The van der Waals surface area contributed by atoms with E-state index in [0.717, 1.165) is 10.0 Å². The van der Waals surface area contributed by atoms with Gasteiger partial charge in [-0.05, 0) is 44.9 Å². The first-order chi connectivity index (χ1) is 9.11. The van der Waals surface area contributed by atoms with E-state index in [9.17, 15) is 14.7 Å². The quantitative estimate of drug-likeness (QED) is 0.881. The van der Waals surface area contributed by atoms with E-state index in [0.29, 0.717) is 5.56 Å². The van der Waals surface area contributed by atoms with Crippen LogP contribution < -0.4 is 5.32 Å². The Morgan fingerprint density at radius 3 is 2.45 bits per heavy atom. The van der Waals surface area contributed by atoms with Crippen molar-refractivity contribution in [2.75, 3.05) is 0 Å². The molecule has 0 saturated heterocycles. The maximum absolute atomic E-state index is 11.7. The number of hydrogen-bond donors (Lipinski definition) is 2. The van der Waals surface area contributed by atoms with Gasteiger partial charge in [-0.25, -0.2) is 9.59 Å². The third-order valence-electron chi connectivity index (χ3n) is 2.53. The van der Waals surface area contributed by atoms with E-state index < -0.39 is 23.7 Å². The summed E-state index contributed by atoms with van der Waals surface area (Å²) in [6.07, 6.45) is -0.760. The van der Waals surface area contributed by atoms with Gasteiger partial charge in [0, 0.05) is 4.47 Å². The standard InChI is InChI=1S/C14H18BrNO4/c1-8-9(6-5-7-10(8)15)11(12(17)18)16-13(19)20-14(2,3)4/h5-7,11H,1-4H3,(H,16,19)(H,17,18). The lowest BCUT2D eigenvalue weighted by Gasteiger charge is -2.23. The van der Waals surface area contributed by atoms with Crippen molar-refractivity contribution in [3.05, 3.63) is 33.8 Å². The van der Waals surface area contributed by atoms with Crippen LogP contribution in [0.1, 0.15) is 37.9 Å². The van der Waals surface area contributed by atoms with Crippen LogP contribution in [-0.4, -0.2) is 22.8 Å². The number of benzene rings is 1. The summed E-state index contributed by atoms with van der Waals surface area (Å²) in [4.78, 5) is 23.1. The molecule has 1 atom stereocenters. The van der Waals surface area contributed by atoms with Crippen molar-refractivity contribution in [3.63, 3.8) is 0 Å². The third-order valence-corrected chi connectivity index (χ3v) is 3.39. The molecule has 1 aromatic rings. The highest BCUT2D eigenvalue weighted by Gasteiger charge is 2.26. The van der Waals surface area contributed by atoms with Crippen LogP contribution in [-0.2, 0) is 9.53 Å². The molecule has 6 heteroatoms. The average molecular weight is 344 g/mol. The molecule has 0 bridgehead atoms. The number of carbonyl (C=O) groups excluding carboxylic acids is 1.